The van der Waals surface area contributed by atoms with Crippen molar-refractivity contribution in [2.45, 2.75) is 51.5 Å². The maximum absolute atomic E-state index is 13.3. The molecule has 1 heterocycles. The molecule has 1 aliphatic heterocycles. The molecule has 1 fully saturated rings. The fraction of sp³-hybridized carbons (Fsp3) is 0.909. The van der Waals surface area contributed by atoms with Crippen LogP contribution in [-0.2, 0) is 4.74 Å². The van der Waals surface area contributed by atoms with E-state index in [4.69, 9.17) is 4.74 Å². The zero-order valence-electron chi connectivity index (χ0n) is 10.3. The highest BCUT2D eigenvalue weighted by Crippen LogP contribution is 2.25. The van der Waals surface area contributed by atoms with Crippen molar-refractivity contribution in [3.05, 3.63) is 0 Å². The summed E-state index contributed by atoms with van der Waals surface area (Å²) in [5, 5.41) is 9.74. The van der Waals surface area contributed by atoms with E-state index in [1.165, 1.54) is 11.8 Å². The fourth-order valence-electron chi connectivity index (χ4n) is 1.63. The third kappa shape index (κ3) is 3.33. The molecule has 0 saturated carbocycles. The van der Waals surface area contributed by atoms with Crippen molar-refractivity contribution in [1.82, 2.24) is 4.90 Å². The Morgan fingerprint density at radius 2 is 2.12 bits per heavy atom. The first-order valence-corrected chi connectivity index (χ1v) is 5.46. The van der Waals surface area contributed by atoms with Gasteiger partial charge < -0.3 is 14.7 Å². The summed E-state index contributed by atoms with van der Waals surface area (Å²) in [5.41, 5.74) is -2.05. The normalized spacial score (nSPS) is 31.4. The third-order valence-corrected chi connectivity index (χ3v) is 2.49. The lowest BCUT2D eigenvalue weighted by Crippen LogP contribution is -2.55. The van der Waals surface area contributed by atoms with Gasteiger partial charge in [-0.3, -0.25) is 0 Å². The van der Waals surface area contributed by atoms with E-state index >= 15 is 0 Å². The van der Waals surface area contributed by atoms with Crippen LogP contribution in [-0.4, -0.2) is 46.6 Å². The molecule has 0 unspecified atom stereocenters. The number of piperidine rings is 1. The molecule has 4 nitrogen and oxygen atoms in total. The monoisotopic (exact) mass is 233 g/mol. The van der Waals surface area contributed by atoms with Crippen molar-refractivity contribution >= 4 is 6.09 Å². The molecule has 16 heavy (non-hydrogen) atoms. The van der Waals surface area contributed by atoms with E-state index in [-0.39, 0.29) is 19.5 Å². The standard InChI is InChI=1S/C11H20FNO3/c1-10(2,3)16-9(14)13-6-5-8(12)11(4,15)7-13/h8,15H,5-7H2,1-4H3/t8-,11-/m0/s1. The SMILES string of the molecule is CC(C)(C)OC(=O)N1CC[C@H](F)[C@@](C)(O)C1. The molecule has 0 aromatic carbocycles. The second-order valence-corrected chi connectivity index (χ2v) is 5.52. The van der Waals surface area contributed by atoms with Crippen LogP contribution in [0.1, 0.15) is 34.1 Å². The Balaban J connectivity index is 2.60. The number of aliphatic hydroxyl groups is 1. The minimum Gasteiger partial charge on any atom is -0.444 e. The van der Waals surface area contributed by atoms with Crippen LogP contribution >= 0.6 is 0 Å². The Morgan fingerprint density at radius 1 is 1.56 bits per heavy atom. The van der Waals surface area contributed by atoms with E-state index in [0.29, 0.717) is 0 Å². The van der Waals surface area contributed by atoms with Crippen molar-refractivity contribution in [2.24, 2.45) is 0 Å². The molecule has 1 amide bonds. The molecular weight excluding hydrogens is 213 g/mol. The van der Waals surface area contributed by atoms with Crippen LogP contribution in [0.4, 0.5) is 9.18 Å². The van der Waals surface area contributed by atoms with Crippen LogP contribution in [0, 0.1) is 0 Å². The van der Waals surface area contributed by atoms with Crippen LogP contribution in [0.2, 0.25) is 0 Å². The molecule has 0 aromatic rings. The van der Waals surface area contributed by atoms with E-state index < -0.39 is 23.5 Å². The summed E-state index contributed by atoms with van der Waals surface area (Å²) in [6.07, 6.45) is -1.64. The molecule has 1 rings (SSSR count). The lowest BCUT2D eigenvalue weighted by atomic mass is 9.93. The number of hydrogen-bond acceptors (Lipinski definition) is 3. The Hall–Kier alpha value is -0.840. The summed E-state index contributed by atoms with van der Waals surface area (Å²) in [7, 11) is 0. The molecule has 1 saturated heterocycles. The molecule has 0 aliphatic carbocycles. The number of rotatable bonds is 0. The summed E-state index contributed by atoms with van der Waals surface area (Å²) in [5.74, 6) is 0. The predicted octanol–water partition coefficient (Wildman–Crippen LogP) is 1.72. The van der Waals surface area contributed by atoms with E-state index in [0.717, 1.165) is 0 Å². The molecule has 0 spiro atoms. The maximum atomic E-state index is 13.3. The number of hydrogen-bond donors (Lipinski definition) is 1. The van der Waals surface area contributed by atoms with Crippen molar-refractivity contribution in [3.8, 4) is 0 Å². The summed E-state index contributed by atoms with van der Waals surface area (Å²) in [6.45, 7) is 6.96. The van der Waals surface area contributed by atoms with Gasteiger partial charge in [-0.05, 0) is 34.1 Å². The van der Waals surface area contributed by atoms with E-state index in [9.17, 15) is 14.3 Å². The number of amides is 1. The van der Waals surface area contributed by atoms with Crippen molar-refractivity contribution < 1.29 is 19.0 Å². The molecule has 0 radical (unpaired) electrons. The van der Waals surface area contributed by atoms with Gasteiger partial charge in [0.2, 0.25) is 0 Å². The first-order valence-electron chi connectivity index (χ1n) is 5.46. The molecular formula is C11H20FNO3. The minimum atomic E-state index is -1.48. The van der Waals surface area contributed by atoms with Gasteiger partial charge in [-0.2, -0.15) is 0 Å². The van der Waals surface area contributed by atoms with Crippen molar-refractivity contribution in [1.29, 1.82) is 0 Å². The van der Waals surface area contributed by atoms with Crippen molar-refractivity contribution in [2.75, 3.05) is 13.1 Å². The Bertz CT molecular complexity index is 273. The predicted molar refractivity (Wildman–Crippen MR) is 57.9 cm³/mol. The summed E-state index contributed by atoms with van der Waals surface area (Å²) in [6, 6.07) is 0. The minimum absolute atomic E-state index is 0.0247. The number of carbonyl (C=O) groups is 1. The summed E-state index contributed by atoms with van der Waals surface area (Å²) < 4.78 is 18.5. The number of likely N-dealkylation sites (tertiary alicyclic amines) is 1. The highest BCUT2D eigenvalue weighted by Gasteiger charge is 2.40. The van der Waals surface area contributed by atoms with Crippen LogP contribution in [0.5, 0.6) is 0 Å². The first-order chi connectivity index (χ1) is 7.12. The van der Waals surface area contributed by atoms with Gasteiger partial charge in [-0.15, -0.1) is 0 Å². The second-order valence-electron chi connectivity index (χ2n) is 5.52. The van der Waals surface area contributed by atoms with Gasteiger partial charge >= 0.3 is 6.09 Å². The summed E-state index contributed by atoms with van der Waals surface area (Å²) in [4.78, 5) is 13.0. The number of ether oxygens (including phenoxy) is 1. The van der Waals surface area contributed by atoms with Crippen LogP contribution in [0.15, 0.2) is 0 Å². The van der Waals surface area contributed by atoms with Gasteiger partial charge in [0.1, 0.15) is 17.4 Å². The fourth-order valence-corrected chi connectivity index (χ4v) is 1.63. The quantitative estimate of drug-likeness (QED) is 0.693. The average molecular weight is 233 g/mol. The average Bonchev–Trinajstić information content (AvgIpc) is 2.06. The topological polar surface area (TPSA) is 49.8 Å². The number of β-amino-alcohol motifs (C(OH)–C–C–N with tert-alkyl or cyclic N) is 1. The number of halogens is 1. The van der Waals surface area contributed by atoms with Gasteiger partial charge in [-0.1, -0.05) is 0 Å². The number of carbonyl (C=O) groups excluding carboxylic acids is 1. The highest BCUT2D eigenvalue weighted by molar-refractivity contribution is 5.68. The van der Waals surface area contributed by atoms with Crippen molar-refractivity contribution in [3.63, 3.8) is 0 Å². The lowest BCUT2D eigenvalue weighted by Gasteiger charge is -2.39. The Kier molecular flexibility index (Phi) is 3.47. The van der Waals surface area contributed by atoms with E-state index in [1.54, 1.807) is 20.8 Å². The Morgan fingerprint density at radius 3 is 2.56 bits per heavy atom. The zero-order valence-corrected chi connectivity index (χ0v) is 10.3. The highest BCUT2D eigenvalue weighted by atomic mass is 19.1. The molecule has 1 aliphatic rings. The lowest BCUT2D eigenvalue weighted by molar-refractivity contribution is -0.0780. The Labute approximate surface area is 95.4 Å². The van der Waals surface area contributed by atoms with Gasteiger partial charge in [0.05, 0.1) is 6.54 Å². The van der Waals surface area contributed by atoms with Crippen LogP contribution in [0.25, 0.3) is 0 Å². The van der Waals surface area contributed by atoms with Crippen LogP contribution in [0.3, 0.4) is 0 Å². The molecule has 0 bridgehead atoms. The van der Waals surface area contributed by atoms with Gasteiger partial charge in [0, 0.05) is 6.54 Å². The molecule has 5 heteroatoms. The molecule has 94 valence electrons. The molecule has 2 atom stereocenters. The molecule has 1 N–H and O–H groups in total. The van der Waals surface area contributed by atoms with Gasteiger partial charge in [-0.25, -0.2) is 9.18 Å². The number of alkyl halides is 1. The smallest absolute Gasteiger partial charge is 0.410 e. The van der Waals surface area contributed by atoms with E-state index in [2.05, 4.69) is 0 Å². The van der Waals surface area contributed by atoms with Gasteiger partial charge in [0.25, 0.3) is 0 Å². The third-order valence-electron chi connectivity index (χ3n) is 2.49. The zero-order chi connectivity index (χ0) is 12.6. The maximum Gasteiger partial charge on any atom is 0.410 e. The second kappa shape index (κ2) is 4.20. The number of nitrogens with zero attached hydrogens (tertiary/aromatic N) is 1. The largest absolute Gasteiger partial charge is 0.444 e. The van der Waals surface area contributed by atoms with Gasteiger partial charge in [0.15, 0.2) is 0 Å². The van der Waals surface area contributed by atoms with E-state index in [1.807, 2.05) is 0 Å². The van der Waals surface area contributed by atoms with Crippen LogP contribution < -0.4 is 0 Å². The molecule has 0 aromatic heterocycles. The summed E-state index contributed by atoms with van der Waals surface area (Å²) >= 11 is 0. The first kappa shape index (κ1) is 13.2.